The first-order valence-electron chi connectivity index (χ1n) is 8.92. The third-order valence-electron chi connectivity index (χ3n) is 5.06. The largest absolute Gasteiger partial charge is 0.445 e. The van der Waals surface area contributed by atoms with E-state index >= 15 is 0 Å². The zero-order chi connectivity index (χ0) is 18.5. The first-order valence-corrected chi connectivity index (χ1v) is 13.0. The molecule has 0 bridgehead atoms. The van der Waals surface area contributed by atoms with Crippen molar-refractivity contribution in [2.45, 2.75) is 64.1 Å². The van der Waals surface area contributed by atoms with E-state index in [4.69, 9.17) is 9.16 Å². The average Bonchev–Trinajstić information content (AvgIpc) is 2.54. The maximum absolute atomic E-state index is 12.2. The third kappa shape index (κ3) is 6.04. The van der Waals surface area contributed by atoms with Gasteiger partial charge in [-0.15, -0.1) is 0 Å². The van der Waals surface area contributed by atoms with Crippen LogP contribution in [0.4, 0.5) is 4.79 Å². The zero-order valence-corrected chi connectivity index (χ0v) is 17.8. The quantitative estimate of drug-likeness (QED) is 0.744. The Balaban J connectivity index is 1.90. The topological polar surface area (TPSA) is 47.6 Å². The van der Waals surface area contributed by atoms with Gasteiger partial charge in [-0.05, 0) is 35.9 Å². The van der Waals surface area contributed by atoms with Crippen molar-refractivity contribution in [2.75, 3.05) is 11.5 Å². The summed E-state index contributed by atoms with van der Waals surface area (Å²) >= 11 is 1.86. The second kappa shape index (κ2) is 8.60. The summed E-state index contributed by atoms with van der Waals surface area (Å²) in [4.78, 5) is 12.2. The maximum atomic E-state index is 12.2. The number of alkyl carbamates (subject to hydrolysis) is 1. The van der Waals surface area contributed by atoms with E-state index in [1.165, 1.54) is 0 Å². The number of thioether (sulfide) groups is 1. The fraction of sp³-hybridized carbons (Fsp3) is 0.632. The summed E-state index contributed by atoms with van der Waals surface area (Å²) < 4.78 is 11.9. The number of amides is 1. The molecule has 0 saturated carbocycles. The van der Waals surface area contributed by atoms with Crippen LogP contribution in [0.5, 0.6) is 0 Å². The van der Waals surface area contributed by atoms with Gasteiger partial charge in [-0.25, -0.2) is 4.79 Å². The molecule has 1 aromatic carbocycles. The molecular formula is C19H31NO3SSi. The average molecular weight is 382 g/mol. The van der Waals surface area contributed by atoms with E-state index in [1.54, 1.807) is 0 Å². The molecule has 0 aliphatic carbocycles. The minimum atomic E-state index is -1.86. The van der Waals surface area contributed by atoms with E-state index in [2.05, 4.69) is 39.2 Å². The number of carbonyl (C=O) groups excluding carboxylic acids is 1. The van der Waals surface area contributed by atoms with Crippen LogP contribution >= 0.6 is 11.8 Å². The van der Waals surface area contributed by atoms with Crippen LogP contribution in [-0.2, 0) is 15.8 Å². The first-order chi connectivity index (χ1) is 11.7. The molecule has 25 heavy (non-hydrogen) atoms. The Hall–Kier alpha value is -0.983. The molecular weight excluding hydrogens is 350 g/mol. The molecule has 0 unspecified atom stereocenters. The van der Waals surface area contributed by atoms with Gasteiger partial charge in [-0.1, -0.05) is 51.1 Å². The summed E-state index contributed by atoms with van der Waals surface area (Å²) in [5.74, 6) is 1.95. The fourth-order valence-electron chi connectivity index (χ4n) is 2.47. The Morgan fingerprint density at radius 3 is 2.60 bits per heavy atom. The molecule has 140 valence electrons. The van der Waals surface area contributed by atoms with Crippen molar-refractivity contribution >= 4 is 26.2 Å². The standard InChI is InChI=1S/C19H31NO3SSi/c1-19(2,3)25(4,5)23-17-11-12-24-14-16(17)20-18(21)22-13-15-9-7-6-8-10-15/h6-10,16-17H,11-14H2,1-5H3,(H,20,21)/t16-,17+/m1/s1. The predicted octanol–water partition coefficient (Wildman–Crippen LogP) is 4.81. The smallest absolute Gasteiger partial charge is 0.407 e. The summed E-state index contributed by atoms with van der Waals surface area (Å²) in [6.45, 7) is 11.5. The molecule has 1 saturated heterocycles. The summed E-state index contributed by atoms with van der Waals surface area (Å²) in [6.07, 6.45) is 0.687. The molecule has 0 radical (unpaired) electrons. The molecule has 1 amide bonds. The van der Waals surface area contributed by atoms with Gasteiger partial charge >= 0.3 is 6.09 Å². The Morgan fingerprint density at radius 1 is 1.28 bits per heavy atom. The van der Waals surface area contributed by atoms with Gasteiger partial charge in [0.2, 0.25) is 0 Å². The SMILES string of the molecule is CC(C)(C)[Si](C)(C)O[C@H]1CCSC[C@H]1NC(=O)OCc1ccccc1. The number of ether oxygens (including phenoxy) is 1. The summed E-state index contributed by atoms with van der Waals surface area (Å²) in [6, 6.07) is 9.75. The van der Waals surface area contributed by atoms with Crippen LogP contribution in [0.15, 0.2) is 30.3 Å². The minimum Gasteiger partial charge on any atom is -0.445 e. The Kier molecular flexibility index (Phi) is 6.99. The Bertz CT molecular complexity index is 560. The monoisotopic (exact) mass is 381 g/mol. The van der Waals surface area contributed by atoms with Gasteiger partial charge in [-0.3, -0.25) is 0 Å². The van der Waals surface area contributed by atoms with Crippen LogP contribution in [0.1, 0.15) is 32.8 Å². The molecule has 2 atom stereocenters. The number of rotatable bonds is 5. The lowest BCUT2D eigenvalue weighted by Crippen LogP contribution is -2.54. The highest BCUT2D eigenvalue weighted by Crippen LogP contribution is 2.38. The molecule has 0 aromatic heterocycles. The van der Waals surface area contributed by atoms with Gasteiger partial charge in [0.05, 0.1) is 12.1 Å². The second-order valence-electron chi connectivity index (χ2n) is 8.09. The normalized spacial score (nSPS) is 21.6. The number of carbonyl (C=O) groups is 1. The van der Waals surface area contributed by atoms with Crippen LogP contribution in [-0.4, -0.2) is 38.1 Å². The second-order valence-corrected chi connectivity index (χ2v) is 14.0. The molecule has 1 aromatic rings. The Morgan fingerprint density at radius 2 is 1.96 bits per heavy atom. The van der Waals surface area contributed by atoms with Crippen molar-refractivity contribution in [3.8, 4) is 0 Å². The van der Waals surface area contributed by atoms with Gasteiger partial charge in [0.15, 0.2) is 8.32 Å². The van der Waals surface area contributed by atoms with Gasteiger partial charge in [-0.2, -0.15) is 11.8 Å². The van der Waals surface area contributed by atoms with Crippen molar-refractivity contribution in [3.05, 3.63) is 35.9 Å². The van der Waals surface area contributed by atoms with Crippen molar-refractivity contribution in [3.63, 3.8) is 0 Å². The fourth-order valence-corrected chi connectivity index (χ4v) is 4.98. The molecule has 1 N–H and O–H groups in total. The number of benzene rings is 1. The summed E-state index contributed by atoms with van der Waals surface area (Å²) in [5, 5.41) is 3.19. The number of hydrogen-bond acceptors (Lipinski definition) is 4. The lowest BCUT2D eigenvalue weighted by Gasteiger charge is -2.42. The zero-order valence-electron chi connectivity index (χ0n) is 16.0. The van der Waals surface area contributed by atoms with Crippen molar-refractivity contribution in [1.29, 1.82) is 0 Å². The highest BCUT2D eigenvalue weighted by molar-refractivity contribution is 7.99. The van der Waals surface area contributed by atoms with Crippen molar-refractivity contribution in [2.24, 2.45) is 0 Å². The van der Waals surface area contributed by atoms with E-state index in [9.17, 15) is 4.79 Å². The lowest BCUT2D eigenvalue weighted by atomic mass is 10.1. The summed E-state index contributed by atoms with van der Waals surface area (Å²) in [7, 11) is -1.86. The summed E-state index contributed by atoms with van der Waals surface area (Å²) in [5.41, 5.74) is 0.991. The van der Waals surface area contributed by atoms with E-state index in [-0.39, 0.29) is 23.3 Å². The lowest BCUT2D eigenvalue weighted by molar-refractivity contribution is 0.108. The molecule has 1 fully saturated rings. The predicted molar refractivity (Wildman–Crippen MR) is 108 cm³/mol. The van der Waals surface area contributed by atoms with Crippen LogP contribution in [0.25, 0.3) is 0 Å². The van der Waals surface area contributed by atoms with Crippen LogP contribution in [0, 0.1) is 0 Å². The molecule has 2 rings (SSSR count). The van der Waals surface area contributed by atoms with Gasteiger partial charge in [0.1, 0.15) is 6.61 Å². The van der Waals surface area contributed by atoms with E-state index in [0.717, 1.165) is 23.5 Å². The van der Waals surface area contributed by atoms with Crippen LogP contribution in [0.2, 0.25) is 18.1 Å². The molecule has 1 heterocycles. The first kappa shape index (κ1) is 20.3. The highest BCUT2D eigenvalue weighted by Gasteiger charge is 2.41. The van der Waals surface area contributed by atoms with Crippen molar-refractivity contribution < 1.29 is 14.0 Å². The third-order valence-corrected chi connectivity index (χ3v) is 10.7. The van der Waals surface area contributed by atoms with E-state index in [1.807, 2.05) is 42.1 Å². The van der Waals surface area contributed by atoms with E-state index < -0.39 is 8.32 Å². The number of hydrogen-bond donors (Lipinski definition) is 1. The van der Waals surface area contributed by atoms with Gasteiger partial charge in [0, 0.05) is 5.75 Å². The molecule has 4 nitrogen and oxygen atoms in total. The number of nitrogens with one attached hydrogen (secondary N) is 1. The molecule has 0 spiro atoms. The van der Waals surface area contributed by atoms with Crippen molar-refractivity contribution in [1.82, 2.24) is 5.32 Å². The van der Waals surface area contributed by atoms with Crippen LogP contribution < -0.4 is 5.32 Å². The Labute approximate surface area is 157 Å². The van der Waals surface area contributed by atoms with E-state index in [0.29, 0.717) is 6.61 Å². The molecule has 1 aliphatic rings. The molecule has 1 aliphatic heterocycles. The van der Waals surface area contributed by atoms with Gasteiger partial charge < -0.3 is 14.5 Å². The highest BCUT2D eigenvalue weighted by atomic mass is 32.2. The maximum Gasteiger partial charge on any atom is 0.407 e. The molecule has 6 heteroatoms. The minimum absolute atomic E-state index is 0.0103. The van der Waals surface area contributed by atoms with Gasteiger partial charge in [0.25, 0.3) is 0 Å². The van der Waals surface area contributed by atoms with Crippen LogP contribution in [0.3, 0.4) is 0 Å².